The van der Waals surface area contributed by atoms with E-state index in [2.05, 4.69) is 0 Å². The Kier molecular flexibility index (Phi) is 6.15. The molecular formula is C17H18ClN3O4. The summed E-state index contributed by atoms with van der Waals surface area (Å²) in [4.78, 5) is 25.2. The number of ether oxygens (including phenoxy) is 1. The number of methoxy groups -OCH3 is 1. The lowest BCUT2D eigenvalue weighted by molar-refractivity contribution is 0.0851. The molecule has 0 saturated heterocycles. The van der Waals surface area contributed by atoms with Crippen molar-refractivity contribution in [1.29, 1.82) is 5.26 Å². The molecule has 1 N–H and O–H groups in total. The summed E-state index contributed by atoms with van der Waals surface area (Å²) in [5, 5.41) is 19.0. The van der Waals surface area contributed by atoms with Gasteiger partial charge in [-0.15, -0.1) is 0 Å². The van der Waals surface area contributed by atoms with E-state index in [4.69, 9.17) is 21.4 Å². The largest absolute Gasteiger partial charge is 0.395 e. The molecule has 0 fully saturated rings. The summed E-state index contributed by atoms with van der Waals surface area (Å²) in [7, 11) is 1.47. The van der Waals surface area contributed by atoms with Crippen LogP contribution < -0.4 is 11.2 Å². The number of hydrogen-bond acceptors (Lipinski definition) is 5. The predicted octanol–water partition coefficient (Wildman–Crippen LogP) is 1.22. The summed E-state index contributed by atoms with van der Waals surface area (Å²) >= 11 is 5.87. The lowest BCUT2D eigenvalue weighted by Crippen LogP contribution is -2.44. The highest BCUT2D eigenvalue weighted by Gasteiger charge is 2.20. The number of benzene rings is 1. The van der Waals surface area contributed by atoms with Crippen molar-refractivity contribution in [2.45, 2.75) is 26.1 Å². The topological polar surface area (TPSA) is 97.2 Å². The smallest absolute Gasteiger partial charge is 0.331 e. The molecule has 1 heterocycles. The van der Waals surface area contributed by atoms with Gasteiger partial charge in [0.15, 0.2) is 0 Å². The van der Waals surface area contributed by atoms with Crippen LogP contribution in [0.25, 0.3) is 0 Å². The van der Waals surface area contributed by atoms with Crippen LogP contribution in [0.2, 0.25) is 5.02 Å². The molecule has 2 aromatic rings. The Balaban J connectivity index is 2.56. The van der Waals surface area contributed by atoms with Crippen molar-refractivity contribution in [2.75, 3.05) is 13.7 Å². The van der Waals surface area contributed by atoms with Crippen LogP contribution in [0.5, 0.6) is 0 Å². The van der Waals surface area contributed by atoms with Gasteiger partial charge in [0.25, 0.3) is 5.56 Å². The Morgan fingerprint density at radius 3 is 2.44 bits per heavy atom. The second-order valence-electron chi connectivity index (χ2n) is 5.42. The first-order valence-electron chi connectivity index (χ1n) is 7.58. The Bertz CT molecular complexity index is 910. The van der Waals surface area contributed by atoms with E-state index in [-0.39, 0.29) is 31.0 Å². The van der Waals surface area contributed by atoms with Gasteiger partial charge in [-0.2, -0.15) is 5.26 Å². The molecule has 0 spiro atoms. The van der Waals surface area contributed by atoms with E-state index < -0.39 is 17.4 Å². The first kappa shape index (κ1) is 18.9. The van der Waals surface area contributed by atoms with E-state index in [0.29, 0.717) is 5.02 Å². The molecule has 0 radical (unpaired) electrons. The fourth-order valence-corrected chi connectivity index (χ4v) is 2.74. The standard InChI is InChI=1S/C17H18ClN3O4/c1-11-14(9-19)16(23)21(17(24)20(11)7-8-22)10-15(25-2)12-3-5-13(18)6-4-12/h3-6,15,22H,7-8,10H2,1-2H3. The number of nitriles is 1. The van der Waals surface area contributed by atoms with Crippen molar-refractivity contribution in [3.05, 3.63) is 66.9 Å². The zero-order chi connectivity index (χ0) is 18.6. The lowest BCUT2D eigenvalue weighted by atomic mass is 10.1. The van der Waals surface area contributed by atoms with Gasteiger partial charge in [0.1, 0.15) is 17.7 Å². The van der Waals surface area contributed by atoms with Gasteiger partial charge in [0.05, 0.1) is 19.7 Å². The van der Waals surface area contributed by atoms with Gasteiger partial charge in [-0.05, 0) is 24.6 Å². The van der Waals surface area contributed by atoms with Gasteiger partial charge < -0.3 is 9.84 Å². The molecule has 0 aliphatic carbocycles. The third kappa shape index (κ3) is 3.82. The maximum absolute atomic E-state index is 12.6. The molecular weight excluding hydrogens is 346 g/mol. The van der Waals surface area contributed by atoms with Crippen LogP contribution in [0, 0.1) is 18.3 Å². The molecule has 2 rings (SSSR count). The van der Waals surface area contributed by atoms with E-state index in [1.54, 1.807) is 24.3 Å². The first-order valence-corrected chi connectivity index (χ1v) is 7.95. The predicted molar refractivity (Wildman–Crippen MR) is 92.7 cm³/mol. The number of halogens is 1. The first-order chi connectivity index (χ1) is 11.9. The van der Waals surface area contributed by atoms with Crippen molar-refractivity contribution in [3.63, 3.8) is 0 Å². The van der Waals surface area contributed by atoms with Gasteiger partial charge in [0, 0.05) is 17.8 Å². The van der Waals surface area contributed by atoms with E-state index >= 15 is 0 Å². The molecule has 0 aliphatic heterocycles. The van der Waals surface area contributed by atoms with Gasteiger partial charge in [0.2, 0.25) is 0 Å². The summed E-state index contributed by atoms with van der Waals surface area (Å²) in [6.45, 7) is 1.16. The van der Waals surface area contributed by atoms with Crippen molar-refractivity contribution >= 4 is 11.6 Å². The van der Waals surface area contributed by atoms with Crippen LogP contribution in [0.3, 0.4) is 0 Å². The molecule has 0 aliphatic rings. The summed E-state index contributed by atoms with van der Waals surface area (Å²) < 4.78 is 7.59. The SMILES string of the molecule is COC(Cn1c(=O)c(C#N)c(C)n(CCO)c1=O)c1ccc(Cl)cc1. The minimum Gasteiger partial charge on any atom is -0.395 e. The summed E-state index contributed by atoms with van der Waals surface area (Å²) in [5.74, 6) is 0. The van der Waals surface area contributed by atoms with Crippen LogP contribution in [0.4, 0.5) is 0 Å². The average molecular weight is 364 g/mol. The Morgan fingerprint density at radius 2 is 1.92 bits per heavy atom. The highest BCUT2D eigenvalue weighted by molar-refractivity contribution is 6.30. The highest BCUT2D eigenvalue weighted by Crippen LogP contribution is 2.20. The lowest BCUT2D eigenvalue weighted by Gasteiger charge is -2.19. The minimum atomic E-state index is -0.671. The molecule has 0 amide bonds. The van der Waals surface area contributed by atoms with Gasteiger partial charge >= 0.3 is 5.69 Å². The fraction of sp³-hybridized carbons (Fsp3) is 0.353. The number of rotatable bonds is 6. The van der Waals surface area contributed by atoms with Crippen LogP contribution in [0.1, 0.15) is 22.9 Å². The average Bonchev–Trinajstić information content (AvgIpc) is 2.60. The fourth-order valence-electron chi connectivity index (χ4n) is 2.61. The number of aromatic nitrogens is 2. The molecule has 1 atom stereocenters. The maximum atomic E-state index is 12.6. The molecule has 25 heavy (non-hydrogen) atoms. The highest BCUT2D eigenvalue weighted by atomic mass is 35.5. The molecule has 7 nitrogen and oxygen atoms in total. The Morgan fingerprint density at radius 1 is 1.28 bits per heavy atom. The van der Waals surface area contributed by atoms with Crippen LogP contribution in [0.15, 0.2) is 33.9 Å². The van der Waals surface area contributed by atoms with Crippen molar-refractivity contribution in [3.8, 4) is 6.07 Å². The molecule has 8 heteroatoms. The second kappa shape index (κ2) is 8.12. The molecule has 1 aromatic heterocycles. The van der Waals surface area contributed by atoms with E-state index in [0.717, 1.165) is 10.1 Å². The zero-order valence-corrected chi connectivity index (χ0v) is 14.7. The van der Waals surface area contributed by atoms with Crippen molar-refractivity contribution in [2.24, 2.45) is 0 Å². The van der Waals surface area contributed by atoms with E-state index in [9.17, 15) is 14.9 Å². The van der Waals surface area contributed by atoms with Crippen molar-refractivity contribution in [1.82, 2.24) is 9.13 Å². The Labute approximate surface area is 149 Å². The number of hydrogen-bond donors (Lipinski definition) is 1. The van der Waals surface area contributed by atoms with Gasteiger partial charge in [-0.25, -0.2) is 4.79 Å². The summed E-state index contributed by atoms with van der Waals surface area (Å²) in [5.41, 5.74) is -0.407. The monoisotopic (exact) mass is 363 g/mol. The van der Waals surface area contributed by atoms with E-state index in [1.165, 1.54) is 18.6 Å². The number of aliphatic hydroxyl groups is 1. The molecule has 0 bridgehead atoms. The Hall–Kier alpha value is -2.40. The normalized spacial score (nSPS) is 12.0. The molecule has 1 aromatic carbocycles. The zero-order valence-electron chi connectivity index (χ0n) is 13.9. The third-order valence-electron chi connectivity index (χ3n) is 4.00. The van der Waals surface area contributed by atoms with Crippen LogP contribution in [-0.4, -0.2) is 28.0 Å². The van der Waals surface area contributed by atoms with Gasteiger partial charge in [-0.3, -0.25) is 13.9 Å². The van der Waals surface area contributed by atoms with Gasteiger partial charge in [-0.1, -0.05) is 23.7 Å². The number of nitrogens with zero attached hydrogens (tertiary/aromatic N) is 3. The molecule has 132 valence electrons. The van der Waals surface area contributed by atoms with Crippen LogP contribution >= 0.6 is 11.6 Å². The summed E-state index contributed by atoms with van der Waals surface area (Å²) in [6, 6.07) is 8.69. The van der Waals surface area contributed by atoms with Crippen molar-refractivity contribution < 1.29 is 9.84 Å². The minimum absolute atomic E-state index is 0.00177. The summed E-state index contributed by atoms with van der Waals surface area (Å²) in [6.07, 6.45) is -0.570. The number of aliphatic hydroxyl groups excluding tert-OH is 1. The quantitative estimate of drug-likeness (QED) is 0.832. The van der Waals surface area contributed by atoms with Crippen LogP contribution in [-0.2, 0) is 17.8 Å². The molecule has 0 saturated carbocycles. The maximum Gasteiger partial charge on any atom is 0.331 e. The van der Waals surface area contributed by atoms with E-state index in [1.807, 2.05) is 6.07 Å². The second-order valence-corrected chi connectivity index (χ2v) is 5.86. The molecule has 1 unspecified atom stereocenters. The third-order valence-corrected chi connectivity index (χ3v) is 4.25.